The van der Waals surface area contributed by atoms with Gasteiger partial charge in [0.15, 0.2) is 11.4 Å². The largest absolute Gasteiger partial charge is 0.505 e. The fraction of sp³-hybridized carbons (Fsp3) is 0.0556. The molecule has 3 aromatic rings. The molecular formula is C18H12N2O3. The van der Waals surface area contributed by atoms with Crippen LogP contribution in [0.1, 0.15) is 16.2 Å². The molecule has 112 valence electrons. The first-order chi connectivity index (χ1) is 11.2. The highest BCUT2D eigenvalue weighted by molar-refractivity contribution is 6.02. The number of carbonyl (C=O) groups is 1. The van der Waals surface area contributed by atoms with Crippen LogP contribution < -0.4 is 0 Å². The van der Waals surface area contributed by atoms with E-state index in [1.807, 2.05) is 42.5 Å². The summed E-state index contributed by atoms with van der Waals surface area (Å²) >= 11 is 0. The highest BCUT2D eigenvalue weighted by atomic mass is 16.5. The van der Waals surface area contributed by atoms with Crippen molar-refractivity contribution in [3.63, 3.8) is 0 Å². The molecule has 0 radical (unpaired) electrons. The number of nitrogens with zero attached hydrogens (tertiary/aromatic N) is 2. The minimum absolute atomic E-state index is 0.0657. The lowest BCUT2D eigenvalue weighted by Crippen LogP contribution is -2.06. The van der Waals surface area contributed by atoms with Crippen molar-refractivity contribution in [1.82, 2.24) is 4.98 Å². The second kappa shape index (κ2) is 5.78. The molecule has 5 heteroatoms. The summed E-state index contributed by atoms with van der Waals surface area (Å²) in [7, 11) is 1.19. The zero-order valence-corrected chi connectivity index (χ0v) is 12.3. The Labute approximate surface area is 132 Å². The molecular weight excluding hydrogens is 292 g/mol. The monoisotopic (exact) mass is 304 g/mol. The lowest BCUT2D eigenvalue weighted by molar-refractivity contribution is 0.0590. The number of hydrogen-bond acceptors (Lipinski definition) is 5. The van der Waals surface area contributed by atoms with Gasteiger partial charge in [-0.25, -0.2) is 9.78 Å². The third-order valence-corrected chi connectivity index (χ3v) is 3.57. The van der Waals surface area contributed by atoms with Gasteiger partial charge in [0, 0.05) is 10.8 Å². The number of rotatable bonds is 2. The van der Waals surface area contributed by atoms with Gasteiger partial charge in [-0.3, -0.25) is 0 Å². The fourth-order valence-electron chi connectivity index (χ4n) is 2.43. The van der Waals surface area contributed by atoms with Crippen molar-refractivity contribution >= 4 is 16.7 Å². The molecule has 0 aliphatic heterocycles. The highest BCUT2D eigenvalue weighted by Gasteiger charge is 2.20. The number of hydrogen-bond donors (Lipinski definition) is 1. The van der Waals surface area contributed by atoms with E-state index >= 15 is 0 Å². The average Bonchev–Trinajstić information content (AvgIpc) is 2.62. The van der Waals surface area contributed by atoms with E-state index in [1.54, 1.807) is 12.1 Å². The van der Waals surface area contributed by atoms with Gasteiger partial charge in [-0.05, 0) is 23.3 Å². The second-order valence-electron chi connectivity index (χ2n) is 4.89. The molecule has 1 aromatic heterocycles. The second-order valence-corrected chi connectivity index (χ2v) is 4.89. The summed E-state index contributed by atoms with van der Waals surface area (Å²) in [6.07, 6.45) is 0. The topological polar surface area (TPSA) is 83.2 Å². The van der Waals surface area contributed by atoms with Gasteiger partial charge in [-0.1, -0.05) is 36.4 Å². The van der Waals surface area contributed by atoms with Crippen LogP contribution in [0.4, 0.5) is 0 Å². The van der Waals surface area contributed by atoms with Crippen LogP contribution in [-0.4, -0.2) is 23.2 Å². The lowest BCUT2D eigenvalue weighted by atomic mass is 9.99. The van der Waals surface area contributed by atoms with Crippen molar-refractivity contribution in [2.24, 2.45) is 0 Å². The maximum absolute atomic E-state index is 11.7. The van der Waals surface area contributed by atoms with Crippen LogP contribution in [-0.2, 0) is 4.74 Å². The smallest absolute Gasteiger partial charge is 0.360 e. The molecule has 5 nitrogen and oxygen atoms in total. The highest BCUT2D eigenvalue weighted by Crippen LogP contribution is 2.33. The summed E-state index contributed by atoms with van der Waals surface area (Å²) in [5.41, 5.74) is 1.68. The molecule has 0 saturated carbocycles. The first-order valence-corrected chi connectivity index (χ1v) is 6.86. The molecule has 23 heavy (non-hydrogen) atoms. The standard InChI is InChI=1S/C18H12N2O3/c1-23-18(22)16-17(21)13-8-7-12(11-5-3-2-4-6-11)9-14(13)15(10-19)20-16/h2-9,21H,1H3. The van der Waals surface area contributed by atoms with Crippen molar-refractivity contribution in [3.8, 4) is 22.9 Å². The molecule has 0 amide bonds. The van der Waals surface area contributed by atoms with Gasteiger partial charge in [0.05, 0.1) is 7.11 Å². The molecule has 0 unspecified atom stereocenters. The lowest BCUT2D eigenvalue weighted by Gasteiger charge is -2.09. The van der Waals surface area contributed by atoms with E-state index in [1.165, 1.54) is 7.11 Å². The number of fused-ring (bicyclic) bond motifs is 1. The van der Waals surface area contributed by atoms with Crippen LogP contribution in [0, 0.1) is 11.3 Å². The van der Waals surface area contributed by atoms with E-state index in [2.05, 4.69) is 9.72 Å². The molecule has 1 N–H and O–H groups in total. The maximum atomic E-state index is 11.7. The van der Waals surface area contributed by atoms with E-state index in [0.29, 0.717) is 10.8 Å². The fourth-order valence-corrected chi connectivity index (χ4v) is 2.43. The Morgan fingerprint density at radius 2 is 1.87 bits per heavy atom. The molecule has 0 saturated heterocycles. The summed E-state index contributed by atoms with van der Waals surface area (Å²) in [6.45, 7) is 0. The van der Waals surface area contributed by atoms with Crippen molar-refractivity contribution in [3.05, 3.63) is 59.9 Å². The Bertz CT molecular complexity index is 944. The van der Waals surface area contributed by atoms with Gasteiger partial charge in [0.1, 0.15) is 11.8 Å². The average molecular weight is 304 g/mol. The zero-order chi connectivity index (χ0) is 16.4. The first kappa shape index (κ1) is 14.5. The minimum atomic E-state index is -0.784. The number of esters is 1. The normalized spacial score (nSPS) is 10.3. The zero-order valence-electron chi connectivity index (χ0n) is 12.3. The van der Waals surface area contributed by atoms with E-state index < -0.39 is 5.97 Å². The van der Waals surface area contributed by atoms with Crippen LogP contribution in [0.25, 0.3) is 21.9 Å². The summed E-state index contributed by atoms with van der Waals surface area (Å²) in [5.74, 6) is -1.07. The van der Waals surface area contributed by atoms with Crippen LogP contribution in [0.2, 0.25) is 0 Å². The van der Waals surface area contributed by atoms with Crippen molar-refractivity contribution in [2.75, 3.05) is 7.11 Å². The summed E-state index contributed by atoms with van der Waals surface area (Å²) < 4.78 is 4.59. The van der Waals surface area contributed by atoms with E-state index in [9.17, 15) is 15.2 Å². The Kier molecular flexibility index (Phi) is 3.65. The number of benzene rings is 2. The molecule has 0 fully saturated rings. The Morgan fingerprint density at radius 3 is 2.52 bits per heavy atom. The van der Waals surface area contributed by atoms with Crippen molar-refractivity contribution < 1.29 is 14.6 Å². The molecule has 1 heterocycles. The Morgan fingerprint density at radius 1 is 1.13 bits per heavy atom. The van der Waals surface area contributed by atoms with Gasteiger partial charge < -0.3 is 9.84 Å². The molecule has 0 spiro atoms. The van der Waals surface area contributed by atoms with Crippen LogP contribution in [0.5, 0.6) is 5.75 Å². The molecule has 0 aliphatic carbocycles. The van der Waals surface area contributed by atoms with Crippen molar-refractivity contribution in [1.29, 1.82) is 5.26 Å². The molecule has 0 atom stereocenters. The molecule has 2 aromatic carbocycles. The predicted molar refractivity (Wildman–Crippen MR) is 84.9 cm³/mol. The van der Waals surface area contributed by atoms with Gasteiger partial charge in [-0.2, -0.15) is 5.26 Å². The third kappa shape index (κ3) is 2.47. The maximum Gasteiger partial charge on any atom is 0.360 e. The van der Waals surface area contributed by atoms with Crippen molar-refractivity contribution in [2.45, 2.75) is 0 Å². The first-order valence-electron chi connectivity index (χ1n) is 6.86. The van der Waals surface area contributed by atoms with Gasteiger partial charge in [0.2, 0.25) is 0 Å². The minimum Gasteiger partial charge on any atom is -0.505 e. The number of ether oxygens (including phenoxy) is 1. The van der Waals surface area contributed by atoms with Crippen LogP contribution >= 0.6 is 0 Å². The van der Waals surface area contributed by atoms with E-state index in [4.69, 9.17) is 0 Å². The molecule has 0 bridgehead atoms. The quantitative estimate of drug-likeness (QED) is 0.735. The predicted octanol–water partition coefficient (Wildman–Crippen LogP) is 3.27. The molecule has 0 aliphatic rings. The summed E-state index contributed by atoms with van der Waals surface area (Å²) in [4.78, 5) is 15.6. The number of pyridine rings is 1. The summed E-state index contributed by atoms with van der Waals surface area (Å²) in [5, 5.41) is 20.5. The Balaban J connectivity index is 2.28. The van der Waals surface area contributed by atoms with E-state index in [0.717, 1.165) is 11.1 Å². The van der Waals surface area contributed by atoms with Crippen LogP contribution in [0.15, 0.2) is 48.5 Å². The van der Waals surface area contributed by atoms with Gasteiger partial charge in [0.25, 0.3) is 0 Å². The Hall–Kier alpha value is -3.39. The van der Waals surface area contributed by atoms with Crippen LogP contribution in [0.3, 0.4) is 0 Å². The number of aromatic nitrogens is 1. The number of aromatic hydroxyl groups is 1. The number of methoxy groups -OCH3 is 1. The third-order valence-electron chi connectivity index (χ3n) is 3.57. The SMILES string of the molecule is COC(=O)c1nc(C#N)c2cc(-c3ccccc3)ccc2c1O. The van der Waals surface area contributed by atoms with Gasteiger partial charge in [-0.15, -0.1) is 0 Å². The number of nitriles is 1. The van der Waals surface area contributed by atoms with E-state index in [-0.39, 0.29) is 17.1 Å². The molecule has 3 rings (SSSR count). The number of carbonyl (C=O) groups excluding carboxylic acids is 1. The summed E-state index contributed by atoms with van der Waals surface area (Å²) in [6, 6.07) is 16.9. The van der Waals surface area contributed by atoms with Gasteiger partial charge >= 0.3 is 5.97 Å².